The third-order valence-electron chi connectivity index (χ3n) is 1.48. The summed E-state index contributed by atoms with van der Waals surface area (Å²) in [6.07, 6.45) is 2.79. The van der Waals surface area contributed by atoms with E-state index in [2.05, 4.69) is 11.9 Å². The van der Waals surface area contributed by atoms with Crippen LogP contribution in [0.2, 0.25) is 0 Å². The van der Waals surface area contributed by atoms with Crippen molar-refractivity contribution in [3.8, 4) is 0 Å². The zero-order valence-corrected chi connectivity index (χ0v) is 7.73. The van der Waals surface area contributed by atoms with Crippen molar-refractivity contribution in [2.24, 2.45) is 0 Å². The lowest BCUT2D eigenvalue weighted by atomic mass is 10.2. The van der Waals surface area contributed by atoms with Gasteiger partial charge in [0.25, 0.3) is 0 Å². The monoisotopic (exact) mass is 189 g/mol. The van der Waals surface area contributed by atoms with Crippen LogP contribution in [-0.2, 0) is 6.42 Å². The van der Waals surface area contributed by atoms with Crippen molar-refractivity contribution in [1.29, 1.82) is 0 Å². The zero-order valence-electron chi connectivity index (χ0n) is 6.22. The number of halogens is 2. The van der Waals surface area contributed by atoms with E-state index in [-0.39, 0.29) is 0 Å². The Labute approximate surface area is 76.4 Å². The van der Waals surface area contributed by atoms with Crippen molar-refractivity contribution in [1.82, 2.24) is 4.98 Å². The van der Waals surface area contributed by atoms with Gasteiger partial charge in [-0.25, -0.2) is 0 Å². The van der Waals surface area contributed by atoms with Crippen molar-refractivity contribution in [3.63, 3.8) is 0 Å². The molecule has 0 spiro atoms. The minimum Gasteiger partial charge on any atom is -0.258 e. The second-order valence-electron chi connectivity index (χ2n) is 2.25. The van der Waals surface area contributed by atoms with Crippen LogP contribution in [0.4, 0.5) is 0 Å². The first kappa shape index (κ1) is 8.82. The summed E-state index contributed by atoms with van der Waals surface area (Å²) in [6, 6.07) is 3.84. The highest BCUT2D eigenvalue weighted by molar-refractivity contribution is 6.43. The van der Waals surface area contributed by atoms with E-state index in [4.69, 9.17) is 23.2 Å². The van der Waals surface area contributed by atoms with Crippen LogP contribution in [0, 0.1) is 0 Å². The van der Waals surface area contributed by atoms with Crippen LogP contribution >= 0.6 is 23.2 Å². The number of pyridine rings is 1. The number of aromatic nitrogens is 1. The lowest BCUT2D eigenvalue weighted by molar-refractivity contribution is 1.06. The maximum absolute atomic E-state index is 5.60. The average Bonchev–Trinajstić information content (AvgIpc) is 2.05. The van der Waals surface area contributed by atoms with Gasteiger partial charge in [-0.1, -0.05) is 36.2 Å². The van der Waals surface area contributed by atoms with E-state index in [9.17, 15) is 0 Å². The van der Waals surface area contributed by atoms with Gasteiger partial charge in [0, 0.05) is 6.20 Å². The molecular weight excluding hydrogens is 181 g/mol. The van der Waals surface area contributed by atoms with E-state index in [1.165, 1.54) is 5.56 Å². The predicted octanol–water partition coefficient (Wildman–Crippen LogP) is 3.12. The molecule has 0 saturated carbocycles. The van der Waals surface area contributed by atoms with Crippen LogP contribution in [0.3, 0.4) is 0 Å². The SMILES string of the molecule is CCc1ccc(C(Cl)Cl)nc1. The molecule has 0 aromatic carbocycles. The summed E-state index contributed by atoms with van der Waals surface area (Å²) in [7, 11) is 0. The maximum atomic E-state index is 5.60. The molecule has 0 N–H and O–H groups in total. The first-order chi connectivity index (χ1) is 5.24. The third kappa shape index (κ3) is 2.35. The Hall–Kier alpha value is -0.270. The Morgan fingerprint density at radius 1 is 1.45 bits per heavy atom. The molecule has 60 valence electrons. The minimum absolute atomic E-state index is 0.513. The van der Waals surface area contributed by atoms with Gasteiger partial charge in [0.2, 0.25) is 0 Å². The Kier molecular flexibility index (Phi) is 3.16. The van der Waals surface area contributed by atoms with E-state index in [0.717, 1.165) is 6.42 Å². The smallest absolute Gasteiger partial charge is 0.149 e. The zero-order chi connectivity index (χ0) is 8.27. The summed E-state index contributed by atoms with van der Waals surface area (Å²) < 4.78 is 0. The minimum atomic E-state index is -0.513. The third-order valence-corrected chi connectivity index (χ3v) is 1.93. The molecule has 1 heterocycles. The first-order valence-corrected chi connectivity index (χ1v) is 4.34. The van der Waals surface area contributed by atoms with Crippen molar-refractivity contribution >= 4 is 23.2 Å². The molecule has 0 amide bonds. The topological polar surface area (TPSA) is 12.9 Å². The van der Waals surface area contributed by atoms with Gasteiger partial charge >= 0.3 is 0 Å². The molecular formula is C8H9Cl2N. The molecule has 0 bridgehead atoms. The lowest BCUT2D eigenvalue weighted by Gasteiger charge is -2.00. The molecule has 1 aromatic heterocycles. The predicted molar refractivity (Wildman–Crippen MR) is 48.1 cm³/mol. The Balaban J connectivity index is 2.83. The van der Waals surface area contributed by atoms with Crippen LogP contribution in [-0.4, -0.2) is 4.98 Å². The molecule has 0 radical (unpaired) electrons. The molecule has 1 rings (SSSR count). The fraction of sp³-hybridized carbons (Fsp3) is 0.375. The van der Waals surface area contributed by atoms with E-state index < -0.39 is 4.84 Å². The number of alkyl halides is 2. The normalized spacial score (nSPS) is 10.5. The first-order valence-electron chi connectivity index (χ1n) is 3.47. The van der Waals surface area contributed by atoms with Gasteiger partial charge < -0.3 is 0 Å². The number of nitrogens with zero attached hydrogens (tertiary/aromatic N) is 1. The molecule has 1 nitrogen and oxygen atoms in total. The summed E-state index contributed by atoms with van der Waals surface area (Å²) >= 11 is 11.2. The number of hydrogen-bond donors (Lipinski definition) is 0. The fourth-order valence-corrected chi connectivity index (χ4v) is 1.03. The quantitative estimate of drug-likeness (QED) is 0.653. The number of hydrogen-bond acceptors (Lipinski definition) is 1. The second kappa shape index (κ2) is 3.93. The van der Waals surface area contributed by atoms with Gasteiger partial charge in [0.05, 0.1) is 5.69 Å². The van der Waals surface area contributed by atoms with Gasteiger partial charge in [-0.2, -0.15) is 0 Å². The van der Waals surface area contributed by atoms with Crippen LogP contribution < -0.4 is 0 Å². The van der Waals surface area contributed by atoms with Crippen LogP contribution in [0.5, 0.6) is 0 Å². The summed E-state index contributed by atoms with van der Waals surface area (Å²) in [4.78, 5) is 3.57. The van der Waals surface area contributed by atoms with Crippen molar-refractivity contribution in [2.45, 2.75) is 18.2 Å². The van der Waals surface area contributed by atoms with E-state index in [1.807, 2.05) is 12.1 Å². The number of aryl methyl sites for hydroxylation is 1. The standard InChI is InChI=1S/C8H9Cl2N/c1-2-6-3-4-7(8(9)10)11-5-6/h3-5,8H,2H2,1H3. The molecule has 0 fully saturated rings. The highest BCUT2D eigenvalue weighted by Crippen LogP contribution is 2.22. The molecule has 1 aromatic rings. The molecule has 0 aliphatic rings. The molecule has 0 unspecified atom stereocenters. The summed E-state index contributed by atoms with van der Waals surface area (Å²) in [5, 5.41) is 0. The molecule has 0 saturated heterocycles. The van der Waals surface area contributed by atoms with Crippen molar-refractivity contribution in [2.75, 3.05) is 0 Å². The van der Waals surface area contributed by atoms with Gasteiger partial charge in [0.15, 0.2) is 0 Å². The van der Waals surface area contributed by atoms with E-state index in [0.29, 0.717) is 5.69 Å². The van der Waals surface area contributed by atoms with Crippen molar-refractivity contribution in [3.05, 3.63) is 29.6 Å². The Morgan fingerprint density at radius 3 is 2.55 bits per heavy atom. The van der Waals surface area contributed by atoms with Crippen LogP contribution in [0.1, 0.15) is 23.0 Å². The highest BCUT2D eigenvalue weighted by Gasteiger charge is 2.02. The van der Waals surface area contributed by atoms with Gasteiger partial charge in [-0.05, 0) is 18.1 Å². The van der Waals surface area contributed by atoms with Gasteiger partial charge in [0.1, 0.15) is 4.84 Å². The maximum Gasteiger partial charge on any atom is 0.149 e. The summed E-state index contributed by atoms with van der Waals surface area (Å²) in [5.74, 6) is 0. The Morgan fingerprint density at radius 2 is 2.18 bits per heavy atom. The molecule has 0 atom stereocenters. The van der Waals surface area contributed by atoms with Crippen LogP contribution in [0.25, 0.3) is 0 Å². The Bertz CT molecular complexity index is 218. The van der Waals surface area contributed by atoms with Gasteiger partial charge in [-0.3, -0.25) is 4.98 Å². The molecule has 11 heavy (non-hydrogen) atoms. The number of rotatable bonds is 2. The molecule has 3 heteroatoms. The van der Waals surface area contributed by atoms with E-state index in [1.54, 1.807) is 6.20 Å². The largest absolute Gasteiger partial charge is 0.258 e. The fourth-order valence-electron chi connectivity index (χ4n) is 0.774. The van der Waals surface area contributed by atoms with Crippen molar-refractivity contribution < 1.29 is 0 Å². The average molecular weight is 190 g/mol. The van der Waals surface area contributed by atoms with Gasteiger partial charge in [-0.15, -0.1) is 0 Å². The second-order valence-corrected chi connectivity index (χ2v) is 3.34. The molecule has 0 aliphatic carbocycles. The summed E-state index contributed by atoms with van der Waals surface area (Å²) in [5.41, 5.74) is 1.91. The van der Waals surface area contributed by atoms with E-state index >= 15 is 0 Å². The lowest BCUT2D eigenvalue weighted by Crippen LogP contribution is -1.89. The molecule has 0 aliphatic heterocycles. The van der Waals surface area contributed by atoms with Crippen LogP contribution in [0.15, 0.2) is 18.3 Å². The highest BCUT2D eigenvalue weighted by atomic mass is 35.5. The summed E-state index contributed by atoms with van der Waals surface area (Å²) in [6.45, 7) is 2.08.